The Balaban J connectivity index is 1.13. The van der Waals surface area contributed by atoms with Gasteiger partial charge >= 0.3 is 18.1 Å². The molecule has 21 heteroatoms. The van der Waals surface area contributed by atoms with Crippen molar-refractivity contribution >= 4 is 80.1 Å². The molecule has 0 saturated carbocycles. The van der Waals surface area contributed by atoms with Gasteiger partial charge in [0.15, 0.2) is 10.8 Å². The van der Waals surface area contributed by atoms with Gasteiger partial charge in [-0.15, -0.1) is 33.3 Å². The number of aromatic nitrogens is 3. The number of thiazole rings is 1. The van der Waals surface area contributed by atoms with Crippen molar-refractivity contribution in [3.8, 4) is 0 Å². The van der Waals surface area contributed by atoms with Crippen molar-refractivity contribution in [2.75, 3.05) is 22.9 Å². The Morgan fingerprint density at radius 2 is 1.54 bits per heavy atom. The van der Waals surface area contributed by atoms with Crippen LogP contribution in [0.15, 0.2) is 130 Å². The number of nitrogen functional groups attached to an aromatic ring is 1. The number of rotatable bonds is 11. The molecule has 0 spiro atoms. The minimum atomic E-state index is -5.53. The minimum Gasteiger partial charge on any atom is -0.382 e. The fraction of sp³-hybridized carbons (Fsp3) is 0.175. The van der Waals surface area contributed by atoms with E-state index < -0.39 is 58.6 Å². The third-order valence-corrected chi connectivity index (χ3v) is 12.4. The summed E-state index contributed by atoms with van der Waals surface area (Å²) in [5.74, 6) is -7.06. The molecule has 3 amide bonds. The van der Waals surface area contributed by atoms with Crippen LogP contribution in [0.2, 0.25) is 0 Å². The first-order chi connectivity index (χ1) is 29.4. The standard InChI is InChI=1S/C40H29F3N8O7S3/c41-40(42,43)36(56)57-35(55)30-23(18-22-16-17-50(32(22)53)38-48-45-21-61-38)19-59-34-29(33(54)51(30)34)47-31(52)28(27-20-60-37(44)46-27)49-58-39(24-10-4-1-5-11-24,25-12-6-2-7-13-25)26-14-8-3-9-15-26/h1-15,18,20-21,29,34H,16-17,19H2,(H2,44,46)(H,47,52)/b22-18+,49-28-/t29-,34-/m1/s1. The largest absolute Gasteiger partial charge is 0.491 e. The molecule has 0 radical (unpaired) electrons. The van der Waals surface area contributed by atoms with Crippen LogP contribution in [0.1, 0.15) is 28.8 Å². The predicted octanol–water partition coefficient (Wildman–Crippen LogP) is 4.94. The Morgan fingerprint density at radius 1 is 0.918 bits per heavy atom. The van der Waals surface area contributed by atoms with Crippen LogP contribution in [-0.4, -0.2) is 85.3 Å². The molecule has 2 saturated heterocycles. The van der Waals surface area contributed by atoms with Crippen LogP contribution in [0, 0.1) is 0 Å². The average molecular weight is 887 g/mol. The zero-order chi connectivity index (χ0) is 42.9. The number of nitrogens with two attached hydrogens (primary N) is 1. The lowest BCUT2D eigenvalue weighted by atomic mass is 9.80. The lowest BCUT2D eigenvalue weighted by Gasteiger charge is -2.49. The number of hydrogen-bond donors (Lipinski definition) is 2. The van der Waals surface area contributed by atoms with Crippen LogP contribution < -0.4 is 16.0 Å². The highest BCUT2D eigenvalue weighted by atomic mass is 32.2. The summed E-state index contributed by atoms with van der Waals surface area (Å²) in [6.45, 7) is 0.202. The van der Waals surface area contributed by atoms with Gasteiger partial charge in [-0.2, -0.15) is 13.2 Å². The number of fused-ring (bicyclic) bond motifs is 1. The van der Waals surface area contributed by atoms with E-state index in [4.69, 9.17) is 10.6 Å². The van der Waals surface area contributed by atoms with E-state index in [0.29, 0.717) is 21.8 Å². The van der Waals surface area contributed by atoms with Crippen molar-refractivity contribution in [2.45, 2.75) is 29.6 Å². The third-order valence-electron chi connectivity index (χ3n) is 9.74. The summed E-state index contributed by atoms with van der Waals surface area (Å²) in [6.07, 6.45) is -4.09. The van der Waals surface area contributed by atoms with Crippen LogP contribution in [-0.2, 0) is 39.1 Å². The Kier molecular flexibility index (Phi) is 11.3. The van der Waals surface area contributed by atoms with Gasteiger partial charge in [-0.1, -0.05) is 107 Å². The first kappa shape index (κ1) is 41.0. The number of esters is 2. The van der Waals surface area contributed by atoms with Gasteiger partial charge in [-0.05, 0) is 18.1 Å². The van der Waals surface area contributed by atoms with Crippen molar-refractivity contribution in [3.63, 3.8) is 0 Å². The van der Waals surface area contributed by atoms with E-state index in [-0.39, 0.29) is 46.4 Å². The van der Waals surface area contributed by atoms with Gasteiger partial charge in [-0.25, -0.2) is 14.6 Å². The summed E-state index contributed by atoms with van der Waals surface area (Å²) in [4.78, 5) is 79.7. The summed E-state index contributed by atoms with van der Waals surface area (Å²) in [6, 6.07) is 26.2. The normalized spacial score (nSPS) is 18.8. The molecule has 5 aromatic rings. The van der Waals surface area contributed by atoms with Gasteiger partial charge in [0.05, 0.1) is 0 Å². The number of nitrogens with one attached hydrogen (secondary N) is 1. The number of halogens is 3. The van der Waals surface area contributed by atoms with Gasteiger partial charge in [0.2, 0.25) is 10.7 Å². The van der Waals surface area contributed by atoms with Gasteiger partial charge in [-0.3, -0.25) is 24.2 Å². The van der Waals surface area contributed by atoms with Gasteiger partial charge in [0.1, 0.15) is 28.3 Å². The summed E-state index contributed by atoms with van der Waals surface area (Å²) >= 11 is 3.18. The second-order valence-electron chi connectivity index (χ2n) is 13.4. The summed E-state index contributed by atoms with van der Waals surface area (Å²) < 4.78 is 44.0. The third kappa shape index (κ3) is 7.89. The van der Waals surface area contributed by atoms with E-state index in [1.807, 2.05) is 91.0 Å². The van der Waals surface area contributed by atoms with Crippen molar-refractivity contribution in [1.29, 1.82) is 0 Å². The summed E-state index contributed by atoms with van der Waals surface area (Å²) in [7, 11) is 0. The molecule has 15 nitrogen and oxygen atoms in total. The van der Waals surface area contributed by atoms with E-state index in [2.05, 4.69) is 30.4 Å². The van der Waals surface area contributed by atoms with E-state index in [1.165, 1.54) is 21.9 Å². The van der Waals surface area contributed by atoms with E-state index in [1.54, 1.807) is 0 Å². The molecule has 310 valence electrons. The molecule has 2 aromatic heterocycles. The molecule has 2 fully saturated rings. The van der Waals surface area contributed by atoms with Gasteiger partial charge in [0.25, 0.3) is 17.7 Å². The minimum absolute atomic E-state index is 0.00977. The van der Waals surface area contributed by atoms with E-state index >= 15 is 0 Å². The number of anilines is 2. The molecule has 8 rings (SSSR count). The number of amides is 3. The molecule has 0 unspecified atom stereocenters. The number of nitrogens with zero attached hydrogens (tertiary/aromatic N) is 6. The topological polar surface area (TPSA) is 199 Å². The summed E-state index contributed by atoms with van der Waals surface area (Å²) in [5.41, 5.74) is 7.03. The number of alkyl halides is 3. The van der Waals surface area contributed by atoms with Crippen molar-refractivity contribution in [2.24, 2.45) is 5.16 Å². The Bertz CT molecular complexity index is 2510. The second kappa shape index (κ2) is 16.7. The molecule has 3 aliphatic heterocycles. The monoisotopic (exact) mass is 886 g/mol. The Hall–Kier alpha value is -6.71. The van der Waals surface area contributed by atoms with E-state index in [0.717, 1.165) is 39.3 Å². The maximum Gasteiger partial charge on any atom is 0.491 e. The van der Waals surface area contributed by atoms with Gasteiger partial charge < -0.3 is 20.6 Å². The number of carbonyl (C=O) groups is 5. The van der Waals surface area contributed by atoms with Crippen molar-refractivity contribution < 1.29 is 46.7 Å². The zero-order valence-corrected chi connectivity index (χ0v) is 33.6. The molecule has 3 aliphatic rings. The number of benzene rings is 3. The fourth-order valence-corrected chi connectivity index (χ4v) is 9.40. The Morgan fingerprint density at radius 3 is 2.08 bits per heavy atom. The fourth-order valence-electron chi connectivity index (χ4n) is 6.96. The van der Waals surface area contributed by atoms with Crippen molar-refractivity contribution in [3.05, 3.63) is 147 Å². The highest BCUT2D eigenvalue weighted by Gasteiger charge is 2.56. The Labute approximate surface area is 355 Å². The number of ether oxygens (including phenoxy) is 1. The molecule has 3 N–H and O–H groups in total. The maximum absolute atomic E-state index is 14.3. The van der Waals surface area contributed by atoms with Crippen LogP contribution in [0.25, 0.3) is 0 Å². The van der Waals surface area contributed by atoms with Crippen molar-refractivity contribution in [1.82, 2.24) is 25.4 Å². The van der Waals surface area contributed by atoms with E-state index in [9.17, 15) is 37.1 Å². The van der Waals surface area contributed by atoms with Crippen LogP contribution >= 0.6 is 34.4 Å². The summed E-state index contributed by atoms with van der Waals surface area (Å²) in [5, 5.41) is 15.5. The average Bonchev–Trinajstić information content (AvgIpc) is 4.04. The molecule has 0 aliphatic carbocycles. The number of oxime groups is 1. The molecule has 5 heterocycles. The molecule has 3 aromatic carbocycles. The second-order valence-corrected chi connectivity index (χ2v) is 16.2. The van der Waals surface area contributed by atoms with Crippen LogP contribution in [0.5, 0.6) is 0 Å². The quantitative estimate of drug-likeness (QED) is 0.0345. The maximum atomic E-state index is 14.3. The number of hydrogen-bond acceptors (Lipinski definition) is 15. The molecule has 0 bridgehead atoms. The SMILES string of the molecule is Nc1nc(/C(=N/OC(c2ccccc2)(c2ccccc2)c2ccccc2)C(=O)N[C@@H]2C(=O)N3C(C(=O)OC(=O)C(F)(F)F)=C(/C=C4\CCN(c5nncs5)C4=O)CS[C@H]23)cs1. The first-order valence-corrected chi connectivity index (χ1v) is 20.9. The lowest BCUT2D eigenvalue weighted by molar-refractivity contribution is -0.201. The molecular formula is C40H29F3N8O7S3. The highest BCUT2D eigenvalue weighted by molar-refractivity contribution is 8.00. The zero-order valence-electron chi connectivity index (χ0n) is 31.1. The molecular weight excluding hydrogens is 858 g/mol. The smallest absolute Gasteiger partial charge is 0.382 e. The lowest BCUT2D eigenvalue weighted by Crippen LogP contribution is -2.71. The number of thioether (sulfide) groups is 1. The first-order valence-electron chi connectivity index (χ1n) is 18.1. The highest BCUT2D eigenvalue weighted by Crippen LogP contribution is 2.43. The number of β-lactam (4-membered cyclic amide) rings is 1. The van der Waals surface area contributed by atoms with Crippen LogP contribution in [0.3, 0.4) is 0 Å². The molecule has 61 heavy (non-hydrogen) atoms. The molecule has 2 atom stereocenters. The number of carbonyl (C=O) groups excluding carboxylic acids is 5. The predicted molar refractivity (Wildman–Crippen MR) is 218 cm³/mol. The van der Waals surface area contributed by atoms with Crippen LogP contribution in [0.4, 0.5) is 23.4 Å². The van der Waals surface area contributed by atoms with Gasteiger partial charge in [0, 0.05) is 39.9 Å². The number of allylic oxidation sites excluding steroid dienone is 1.